The minimum Gasteiger partial charge on any atom is -0.376 e. The molecule has 2 aromatic rings. The van der Waals surface area contributed by atoms with Crippen LogP contribution in [0.25, 0.3) is 11.3 Å². The second-order valence-corrected chi connectivity index (χ2v) is 3.70. The first-order valence-corrected chi connectivity index (χ1v) is 5.20. The van der Waals surface area contributed by atoms with E-state index in [9.17, 15) is 4.79 Å². The number of hydrogen-bond donors (Lipinski definition) is 2. The molecule has 1 aromatic heterocycles. The van der Waals surface area contributed by atoms with Gasteiger partial charge in [-0.25, -0.2) is 0 Å². The molecular formula is C11H9N3O2S. The van der Waals surface area contributed by atoms with Gasteiger partial charge in [-0.15, -0.1) is 0 Å². The maximum atomic E-state index is 11.5. The normalized spacial score (nSPS) is 9.88. The zero-order valence-corrected chi connectivity index (χ0v) is 9.53. The number of benzene rings is 1. The molecule has 17 heavy (non-hydrogen) atoms. The van der Waals surface area contributed by atoms with Gasteiger partial charge in [-0.2, -0.15) is 0 Å². The lowest BCUT2D eigenvalue weighted by Crippen LogP contribution is -2.34. The van der Waals surface area contributed by atoms with Gasteiger partial charge in [-0.3, -0.25) is 10.1 Å². The molecule has 0 unspecified atom stereocenters. The van der Waals surface area contributed by atoms with Crippen molar-refractivity contribution >= 4 is 23.2 Å². The van der Waals surface area contributed by atoms with Gasteiger partial charge < -0.3 is 10.3 Å². The number of nitrogens with two attached hydrogens (primary N) is 1. The highest BCUT2D eigenvalue weighted by Crippen LogP contribution is 2.18. The van der Waals surface area contributed by atoms with E-state index in [2.05, 4.69) is 22.7 Å². The van der Waals surface area contributed by atoms with Crippen LogP contribution >= 0.6 is 12.2 Å². The Morgan fingerprint density at radius 3 is 2.71 bits per heavy atom. The lowest BCUT2D eigenvalue weighted by Gasteiger charge is -1.96. The van der Waals surface area contributed by atoms with Crippen molar-refractivity contribution < 1.29 is 9.32 Å². The van der Waals surface area contributed by atoms with Gasteiger partial charge in [0.15, 0.2) is 5.11 Å². The van der Waals surface area contributed by atoms with Crippen LogP contribution in [0, 0.1) is 0 Å². The zero-order chi connectivity index (χ0) is 12.3. The van der Waals surface area contributed by atoms with E-state index in [0.29, 0.717) is 5.69 Å². The van der Waals surface area contributed by atoms with Crippen molar-refractivity contribution in [2.45, 2.75) is 0 Å². The van der Waals surface area contributed by atoms with E-state index in [1.54, 1.807) is 0 Å². The summed E-state index contributed by atoms with van der Waals surface area (Å²) < 4.78 is 4.90. The highest BCUT2D eigenvalue weighted by Gasteiger charge is 2.13. The summed E-state index contributed by atoms with van der Waals surface area (Å²) in [5.74, 6) is -0.441. The maximum absolute atomic E-state index is 11.5. The van der Waals surface area contributed by atoms with E-state index in [4.69, 9.17) is 10.3 Å². The van der Waals surface area contributed by atoms with Gasteiger partial charge in [0.2, 0.25) is 5.76 Å². The van der Waals surface area contributed by atoms with Gasteiger partial charge in [0.25, 0.3) is 5.91 Å². The first-order valence-electron chi connectivity index (χ1n) is 4.80. The summed E-state index contributed by atoms with van der Waals surface area (Å²) in [6.45, 7) is 0. The van der Waals surface area contributed by atoms with Crippen LogP contribution in [0.3, 0.4) is 0 Å². The summed E-state index contributed by atoms with van der Waals surface area (Å²) in [4.78, 5) is 11.5. The molecule has 0 atom stereocenters. The molecule has 86 valence electrons. The molecule has 3 N–H and O–H groups in total. The molecule has 0 aliphatic heterocycles. The molecule has 0 aliphatic carbocycles. The maximum Gasteiger partial charge on any atom is 0.296 e. The largest absolute Gasteiger partial charge is 0.376 e. The summed E-state index contributed by atoms with van der Waals surface area (Å²) in [5.41, 5.74) is 6.63. The van der Waals surface area contributed by atoms with Crippen molar-refractivity contribution in [3.63, 3.8) is 0 Å². The van der Waals surface area contributed by atoms with E-state index < -0.39 is 5.91 Å². The number of amides is 1. The average Bonchev–Trinajstić information content (AvgIpc) is 2.78. The molecule has 1 aromatic carbocycles. The quantitative estimate of drug-likeness (QED) is 0.782. The number of nitrogens with one attached hydrogen (secondary N) is 1. The van der Waals surface area contributed by atoms with Gasteiger partial charge in [0.05, 0.1) is 0 Å². The zero-order valence-electron chi connectivity index (χ0n) is 8.71. The van der Waals surface area contributed by atoms with E-state index >= 15 is 0 Å². The minimum atomic E-state index is -0.507. The Bertz CT molecular complexity index is 551. The molecular weight excluding hydrogens is 238 g/mol. The van der Waals surface area contributed by atoms with Crippen LogP contribution in [0.2, 0.25) is 0 Å². The van der Waals surface area contributed by atoms with Crippen LogP contribution in [-0.4, -0.2) is 16.2 Å². The van der Waals surface area contributed by atoms with Gasteiger partial charge in [0.1, 0.15) is 5.69 Å². The number of hydrogen-bond acceptors (Lipinski definition) is 4. The van der Waals surface area contributed by atoms with E-state index in [1.165, 1.54) is 6.07 Å². The summed E-state index contributed by atoms with van der Waals surface area (Å²) in [5, 5.41) is 5.95. The van der Waals surface area contributed by atoms with Crippen LogP contribution in [0.1, 0.15) is 10.6 Å². The Kier molecular flexibility index (Phi) is 3.15. The van der Waals surface area contributed by atoms with Gasteiger partial charge in [-0.05, 0) is 12.2 Å². The molecule has 1 heterocycles. The fourth-order valence-corrected chi connectivity index (χ4v) is 1.39. The summed E-state index contributed by atoms with van der Waals surface area (Å²) in [6.07, 6.45) is 0. The fourth-order valence-electron chi connectivity index (χ4n) is 1.30. The molecule has 5 nitrogen and oxygen atoms in total. The minimum absolute atomic E-state index is 0.0663. The third-order valence-corrected chi connectivity index (χ3v) is 2.14. The van der Waals surface area contributed by atoms with Crippen LogP contribution in [0.15, 0.2) is 40.9 Å². The smallest absolute Gasteiger partial charge is 0.296 e. The summed E-state index contributed by atoms with van der Waals surface area (Å²) in [6, 6.07) is 10.9. The van der Waals surface area contributed by atoms with Crippen molar-refractivity contribution in [1.82, 2.24) is 10.5 Å². The standard InChI is InChI=1S/C11H9N3O2S/c12-11(17)13-10(15)9-6-8(14-16-9)7-4-2-1-3-5-7/h1-6H,(H3,12,13,15,17). The van der Waals surface area contributed by atoms with E-state index in [-0.39, 0.29) is 10.9 Å². The Morgan fingerprint density at radius 1 is 1.35 bits per heavy atom. The van der Waals surface area contributed by atoms with Crippen LogP contribution in [0.5, 0.6) is 0 Å². The predicted molar refractivity (Wildman–Crippen MR) is 66.2 cm³/mol. The molecule has 0 aliphatic rings. The lowest BCUT2D eigenvalue weighted by atomic mass is 10.1. The first kappa shape index (κ1) is 11.3. The highest BCUT2D eigenvalue weighted by molar-refractivity contribution is 7.80. The number of nitrogens with zero attached hydrogens (tertiary/aromatic N) is 1. The van der Waals surface area contributed by atoms with Crippen LogP contribution in [0.4, 0.5) is 0 Å². The van der Waals surface area contributed by atoms with Gasteiger partial charge in [-0.1, -0.05) is 35.5 Å². The fraction of sp³-hybridized carbons (Fsp3) is 0. The molecule has 0 saturated heterocycles. The molecule has 2 rings (SSSR count). The Hall–Kier alpha value is -2.21. The van der Waals surface area contributed by atoms with E-state index in [1.807, 2.05) is 30.3 Å². The van der Waals surface area contributed by atoms with Crippen LogP contribution < -0.4 is 11.1 Å². The topological polar surface area (TPSA) is 81.1 Å². The molecule has 0 spiro atoms. The number of thiocarbonyl (C=S) groups is 1. The van der Waals surface area contributed by atoms with E-state index in [0.717, 1.165) is 5.56 Å². The summed E-state index contributed by atoms with van der Waals surface area (Å²) in [7, 11) is 0. The molecule has 0 bridgehead atoms. The Balaban J connectivity index is 2.22. The number of carbonyl (C=O) groups excluding carboxylic acids is 1. The SMILES string of the molecule is NC(=S)NC(=O)c1cc(-c2ccccc2)no1. The lowest BCUT2D eigenvalue weighted by molar-refractivity contribution is 0.0941. The van der Waals surface area contributed by atoms with Crippen molar-refractivity contribution in [2.75, 3.05) is 0 Å². The predicted octanol–water partition coefficient (Wildman–Crippen LogP) is 1.32. The molecule has 0 saturated carbocycles. The third-order valence-electron chi connectivity index (χ3n) is 2.04. The van der Waals surface area contributed by atoms with Crippen molar-refractivity contribution in [3.05, 3.63) is 42.2 Å². The van der Waals surface area contributed by atoms with Crippen molar-refractivity contribution in [2.24, 2.45) is 5.73 Å². The number of carbonyl (C=O) groups is 1. The summed E-state index contributed by atoms with van der Waals surface area (Å²) >= 11 is 4.56. The van der Waals surface area contributed by atoms with Crippen molar-refractivity contribution in [3.8, 4) is 11.3 Å². The van der Waals surface area contributed by atoms with Crippen molar-refractivity contribution in [1.29, 1.82) is 0 Å². The molecule has 0 fully saturated rings. The Morgan fingerprint density at radius 2 is 2.06 bits per heavy atom. The number of rotatable bonds is 2. The second kappa shape index (κ2) is 4.75. The number of aromatic nitrogens is 1. The van der Waals surface area contributed by atoms with Crippen LogP contribution in [-0.2, 0) is 0 Å². The van der Waals surface area contributed by atoms with Gasteiger partial charge >= 0.3 is 0 Å². The average molecular weight is 247 g/mol. The third kappa shape index (κ3) is 2.67. The Labute approximate surface area is 103 Å². The molecule has 6 heteroatoms. The monoisotopic (exact) mass is 247 g/mol. The first-order chi connectivity index (χ1) is 8.16. The second-order valence-electron chi connectivity index (χ2n) is 3.26. The molecule has 1 amide bonds. The molecule has 0 radical (unpaired) electrons. The van der Waals surface area contributed by atoms with Gasteiger partial charge in [0, 0.05) is 11.6 Å². The highest BCUT2D eigenvalue weighted by atomic mass is 32.1.